The van der Waals surface area contributed by atoms with E-state index in [1.54, 1.807) is 18.7 Å². The summed E-state index contributed by atoms with van der Waals surface area (Å²) in [6.07, 6.45) is 1.21. The summed E-state index contributed by atoms with van der Waals surface area (Å²) in [5.41, 5.74) is 1.28. The number of nitrogens with one attached hydrogen (secondary N) is 1. The first-order chi connectivity index (χ1) is 11.4. The van der Waals surface area contributed by atoms with Gasteiger partial charge in [0, 0.05) is 19.0 Å². The Morgan fingerprint density at radius 2 is 2.08 bits per heavy atom. The van der Waals surface area contributed by atoms with Gasteiger partial charge < -0.3 is 14.7 Å². The van der Waals surface area contributed by atoms with E-state index in [-0.39, 0.29) is 18.4 Å². The Kier molecular flexibility index (Phi) is 4.09. The number of anilines is 1. The van der Waals surface area contributed by atoms with E-state index < -0.39 is 5.54 Å². The molecule has 0 spiro atoms. The Labute approximate surface area is 140 Å². The standard InChI is InChI=1S/C17H20N4O3/c1-11(22)19-17(2,3)16-18-14(24-20-16)10-21-13-7-5-4-6-12(13)8-9-15(21)23/h4-7H,8-10H2,1-3H3,(H,19,22). The number of aromatic nitrogens is 2. The number of hydrogen-bond donors (Lipinski definition) is 1. The van der Waals surface area contributed by atoms with Crippen molar-refractivity contribution >= 4 is 17.5 Å². The van der Waals surface area contributed by atoms with E-state index >= 15 is 0 Å². The molecule has 1 aromatic heterocycles. The van der Waals surface area contributed by atoms with Gasteiger partial charge in [-0.3, -0.25) is 9.59 Å². The summed E-state index contributed by atoms with van der Waals surface area (Å²) in [4.78, 5) is 29.6. The van der Waals surface area contributed by atoms with Gasteiger partial charge in [0.2, 0.25) is 17.7 Å². The highest BCUT2D eigenvalue weighted by atomic mass is 16.5. The van der Waals surface area contributed by atoms with Gasteiger partial charge in [0.05, 0.1) is 5.54 Å². The Morgan fingerprint density at radius 1 is 1.33 bits per heavy atom. The summed E-state index contributed by atoms with van der Waals surface area (Å²) < 4.78 is 5.29. The SMILES string of the molecule is CC(=O)NC(C)(C)c1noc(CN2C(=O)CCc3ccccc32)n1. The van der Waals surface area contributed by atoms with Crippen LogP contribution in [0.3, 0.4) is 0 Å². The number of para-hydroxylation sites is 1. The maximum atomic E-state index is 12.3. The van der Waals surface area contributed by atoms with Crippen molar-refractivity contribution in [3.05, 3.63) is 41.5 Å². The van der Waals surface area contributed by atoms with Gasteiger partial charge >= 0.3 is 0 Å². The number of fused-ring (bicyclic) bond motifs is 1. The molecular formula is C17H20N4O3. The predicted molar refractivity (Wildman–Crippen MR) is 87.1 cm³/mol. The van der Waals surface area contributed by atoms with Crippen molar-refractivity contribution in [3.63, 3.8) is 0 Å². The third kappa shape index (κ3) is 3.15. The normalized spacial score (nSPS) is 14.5. The van der Waals surface area contributed by atoms with Crippen molar-refractivity contribution in [2.75, 3.05) is 4.90 Å². The third-order valence-electron chi connectivity index (χ3n) is 4.00. The van der Waals surface area contributed by atoms with Crippen LogP contribution in [0.1, 0.15) is 44.5 Å². The van der Waals surface area contributed by atoms with Crippen LogP contribution in [0.5, 0.6) is 0 Å². The molecule has 3 rings (SSSR count). The van der Waals surface area contributed by atoms with E-state index in [2.05, 4.69) is 15.5 Å². The second kappa shape index (κ2) is 6.07. The molecule has 1 aliphatic rings. The lowest BCUT2D eigenvalue weighted by Gasteiger charge is -2.28. The molecule has 2 amide bonds. The van der Waals surface area contributed by atoms with Gasteiger partial charge in [-0.2, -0.15) is 4.98 Å². The molecule has 2 heterocycles. The van der Waals surface area contributed by atoms with Gasteiger partial charge in [0.1, 0.15) is 6.54 Å². The number of rotatable bonds is 4. The van der Waals surface area contributed by atoms with Crippen LogP contribution >= 0.6 is 0 Å². The molecule has 0 bridgehead atoms. The second-order valence-electron chi connectivity index (χ2n) is 6.43. The van der Waals surface area contributed by atoms with Crippen molar-refractivity contribution in [1.82, 2.24) is 15.5 Å². The lowest BCUT2D eigenvalue weighted by atomic mass is 10.0. The fraction of sp³-hybridized carbons (Fsp3) is 0.412. The van der Waals surface area contributed by atoms with Gasteiger partial charge in [-0.05, 0) is 31.9 Å². The lowest BCUT2D eigenvalue weighted by molar-refractivity contribution is -0.121. The molecule has 126 valence electrons. The third-order valence-corrected chi connectivity index (χ3v) is 4.00. The van der Waals surface area contributed by atoms with Crippen LogP contribution in [0.25, 0.3) is 0 Å². The minimum atomic E-state index is -0.739. The first kappa shape index (κ1) is 16.2. The number of carbonyl (C=O) groups is 2. The molecule has 1 aliphatic heterocycles. The second-order valence-corrected chi connectivity index (χ2v) is 6.43. The number of nitrogens with zero attached hydrogens (tertiary/aromatic N) is 3. The van der Waals surface area contributed by atoms with E-state index in [0.717, 1.165) is 17.7 Å². The van der Waals surface area contributed by atoms with Crippen LogP contribution in [-0.4, -0.2) is 22.0 Å². The van der Waals surface area contributed by atoms with Crippen LogP contribution in [0.4, 0.5) is 5.69 Å². The molecule has 1 aromatic carbocycles. The van der Waals surface area contributed by atoms with Crippen molar-refractivity contribution < 1.29 is 14.1 Å². The van der Waals surface area contributed by atoms with Gasteiger partial charge in [0.25, 0.3) is 0 Å². The van der Waals surface area contributed by atoms with Crippen LogP contribution < -0.4 is 10.2 Å². The summed E-state index contributed by atoms with van der Waals surface area (Å²) in [7, 11) is 0. The summed E-state index contributed by atoms with van der Waals surface area (Å²) in [6.45, 7) is 5.25. The molecule has 2 aromatic rings. The highest BCUT2D eigenvalue weighted by Gasteiger charge is 2.30. The summed E-state index contributed by atoms with van der Waals surface area (Å²) in [6, 6.07) is 7.82. The van der Waals surface area contributed by atoms with Gasteiger partial charge in [-0.25, -0.2) is 0 Å². The van der Waals surface area contributed by atoms with E-state index in [1.807, 2.05) is 24.3 Å². The van der Waals surface area contributed by atoms with Crippen LogP contribution in [-0.2, 0) is 28.1 Å². The monoisotopic (exact) mass is 328 g/mol. The van der Waals surface area contributed by atoms with Gasteiger partial charge in [-0.15, -0.1) is 0 Å². The maximum absolute atomic E-state index is 12.3. The number of carbonyl (C=O) groups excluding carboxylic acids is 2. The molecule has 7 heteroatoms. The van der Waals surface area contributed by atoms with Crippen LogP contribution in [0.2, 0.25) is 0 Å². The molecule has 0 fully saturated rings. The number of benzene rings is 1. The molecular weight excluding hydrogens is 308 g/mol. The fourth-order valence-corrected chi connectivity index (χ4v) is 2.87. The van der Waals surface area contributed by atoms with Crippen LogP contribution in [0.15, 0.2) is 28.8 Å². The molecule has 0 saturated heterocycles. The molecule has 7 nitrogen and oxygen atoms in total. The Bertz CT molecular complexity index is 782. The first-order valence-corrected chi connectivity index (χ1v) is 7.87. The summed E-state index contributed by atoms with van der Waals surface area (Å²) in [5.74, 6) is 0.583. The van der Waals surface area contributed by atoms with Crippen LogP contribution in [0, 0.1) is 0 Å². The summed E-state index contributed by atoms with van der Waals surface area (Å²) in [5, 5.41) is 6.72. The van der Waals surface area contributed by atoms with Crippen molar-refractivity contribution in [2.45, 2.75) is 45.7 Å². The number of hydrogen-bond acceptors (Lipinski definition) is 5. The van der Waals surface area contributed by atoms with Crippen molar-refractivity contribution in [2.24, 2.45) is 0 Å². The number of aryl methyl sites for hydroxylation is 1. The fourth-order valence-electron chi connectivity index (χ4n) is 2.87. The zero-order valence-electron chi connectivity index (χ0n) is 14.0. The zero-order chi connectivity index (χ0) is 17.3. The van der Waals surface area contributed by atoms with E-state index in [0.29, 0.717) is 18.1 Å². The molecule has 0 unspecified atom stereocenters. The Morgan fingerprint density at radius 3 is 2.83 bits per heavy atom. The molecule has 0 radical (unpaired) electrons. The first-order valence-electron chi connectivity index (χ1n) is 7.87. The smallest absolute Gasteiger partial charge is 0.246 e. The average Bonchev–Trinajstić information content (AvgIpc) is 2.98. The largest absolute Gasteiger partial charge is 0.344 e. The quantitative estimate of drug-likeness (QED) is 0.926. The molecule has 0 saturated carbocycles. The van der Waals surface area contributed by atoms with Crippen molar-refractivity contribution in [1.29, 1.82) is 0 Å². The molecule has 0 atom stereocenters. The topological polar surface area (TPSA) is 88.3 Å². The minimum absolute atomic E-state index is 0.0366. The predicted octanol–water partition coefficient (Wildman–Crippen LogP) is 1.92. The average molecular weight is 328 g/mol. The Balaban J connectivity index is 1.83. The molecule has 24 heavy (non-hydrogen) atoms. The highest BCUT2D eigenvalue weighted by molar-refractivity contribution is 5.96. The zero-order valence-corrected chi connectivity index (χ0v) is 14.0. The van der Waals surface area contributed by atoms with E-state index in [9.17, 15) is 9.59 Å². The lowest BCUT2D eigenvalue weighted by Crippen LogP contribution is -2.40. The summed E-state index contributed by atoms with van der Waals surface area (Å²) >= 11 is 0. The molecule has 1 N–H and O–H groups in total. The minimum Gasteiger partial charge on any atom is -0.344 e. The van der Waals surface area contributed by atoms with E-state index in [4.69, 9.17) is 4.52 Å². The van der Waals surface area contributed by atoms with Gasteiger partial charge in [-0.1, -0.05) is 23.4 Å². The number of amides is 2. The van der Waals surface area contributed by atoms with Crippen molar-refractivity contribution in [3.8, 4) is 0 Å². The van der Waals surface area contributed by atoms with E-state index in [1.165, 1.54) is 6.92 Å². The Hall–Kier alpha value is -2.70. The van der Waals surface area contributed by atoms with Gasteiger partial charge in [0.15, 0.2) is 5.82 Å². The molecule has 0 aliphatic carbocycles. The highest BCUT2D eigenvalue weighted by Crippen LogP contribution is 2.29. The maximum Gasteiger partial charge on any atom is 0.246 e.